The van der Waals surface area contributed by atoms with Gasteiger partial charge < -0.3 is 10.1 Å². The molecule has 6 heteroatoms. The number of methoxy groups -OCH3 is 1. The summed E-state index contributed by atoms with van der Waals surface area (Å²) in [6.07, 6.45) is 0. The Morgan fingerprint density at radius 3 is 2.33 bits per heavy atom. The van der Waals surface area contributed by atoms with Gasteiger partial charge in [0, 0.05) is 16.2 Å². The highest BCUT2D eigenvalue weighted by atomic mass is 79.9. The number of aryl methyl sites for hydroxylation is 1. The Labute approximate surface area is 183 Å². The minimum absolute atomic E-state index is 0.241. The number of carbonyl (C=O) groups excluding carboxylic acids is 2. The number of amides is 2. The van der Waals surface area contributed by atoms with Crippen LogP contribution in [-0.4, -0.2) is 18.9 Å². The fourth-order valence-electron chi connectivity index (χ4n) is 3.33. The molecule has 0 spiro atoms. The lowest BCUT2D eigenvalue weighted by molar-refractivity contribution is -0.120. The third-order valence-corrected chi connectivity index (χ3v) is 5.32. The van der Waals surface area contributed by atoms with Gasteiger partial charge in [0.15, 0.2) is 0 Å². The summed E-state index contributed by atoms with van der Waals surface area (Å²) in [6.45, 7) is 1.98. The highest BCUT2D eigenvalue weighted by Crippen LogP contribution is 2.35. The zero-order valence-corrected chi connectivity index (χ0v) is 18.1. The van der Waals surface area contributed by atoms with Crippen LogP contribution in [0.5, 0.6) is 5.75 Å². The first-order valence-electron chi connectivity index (χ1n) is 9.34. The second-order valence-corrected chi connectivity index (χ2v) is 7.81. The molecule has 1 aliphatic rings. The number of hydrogen-bond donors (Lipinski definition) is 1. The zero-order valence-electron chi connectivity index (χ0n) is 16.5. The van der Waals surface area contributed by atoms with Crippen LogP contribution in [0.1, 0.15) is 11.1 Å². The monoisotopic (exact) mass is 462 g/mol. The number of imide groups is 1. The highest BCUT2D eigenvalue weighted by molar-refractivity contribution is 9.10. The normalized spacial score (nSPS) is 13.8. The van der Waals surface area contributed by atoms with E-state index in [1.54, 1.807) is 31.4 Å². The van der Waals surface area contributed by atoms with Crippen LogP contribution in [0.2, 0.25) is 0 Å². The predicted molar refractivity (Wildman–Crippen MR) is 121 cm³/mol. The number of nitrogens with one attached hydrogen (secondary N) is 1. The van der Waals surface area contributed by atoms with Crippen molar-refractivity contribution in [2.45, 2.75) is 6.92 Å². The molecule has 0 saturated heterocycles. The average molecular weight is 463 g/mol. The van der Waals surface area contributed by atoms with E-state index in [2.05, 4.69) is 21.2 Å². The van der Waals surface area contributed by atoms with E-state index in [4.69, 9.17) is 4.74 Å². The van der Waals surface area contributed by atoms with Crippen molar-refractivity contribution in [2.75, 3.05) is 17.3 Å². The molecule has 150 valence electrons. The van der Waals surface area contributed by atoms with E-state index in [1.807, 2.05) is 55.5 Å². The first kappa shape index (κ1) is 19.9. The van der Waals surface area contributed by atoms with Crippen LogP contribution >= 0.6 is 15.9 Å². The molecule has 0 radical (unpaired) electrons. The Morgan fingerprint density at radius 2 is 1.63 bits per heavy atom. The molecule has 3 aromatic carbocycles. The van der Waals surface area contributed by atoms with E-state index in [-0.39, 0.29) is 11.6 Å². The van der Waals surface area contributed by atoms with E-state index < -0.39 is 5.91 Å². The lowest BCUT2D eigenvalue weighted by Gasteiger charge is -2.16. The smallest absolute Gasteiger partial charge is 0.282 e. The van der Waals surface area contributed by atoms with Crippen LogP contribution in [-0.2, 0) is 9.59 Å². The lowest BCUT2D eigenvalue weighted by Crippen LogP contribution is -2.32. The van der Waals surface area contributed by atoms with Crippen molar-refractivity contribution in [2.24, 2.45) is 0 Å². The maximum absolute atomic E-state index is 13.4. The number of nitrogens with zero attached hydrogens (tertiary/aromatic N) is 1. The van der Waals surface area contributed by atoms with Crippen LogP contribution in [0.15, 0.2) is 83.0 Å². The third kappa shape index (κ3) is 3.74. The van der Waals surface area contributed by atoms with Gasteiger partial charge in [0.1, 0.15) is 11.4 Å². The van der Waals surface area contributed by atoms with Gasteiger partial charge in [-0.05, 0) is 42.8 Å². The minimum Gasteiger partial charge on any atom is -0.497 e. The number of ether oxygens (including phenoxy) is 1. The molecule has 0 bridgehead atoms. The van der Waals surface area contributed by atoms with Gasteiger partial charge in [-0.25, -0.2) is 4.90 Å². The van der Waals surface area contributed by atoms with Crippen LogP contribution < -0.4 is 15.0 Å². The zero-order chi connectivity index (χ0) is 21.3. The molecular weight excluding hydrogens is 444 g/mol. The summed E-state index contributed by atoms with van der Waals surface area (Å²) in [5.74, 6) is -0.225. The molecule has 0 unspecified atom stereocenters. The standard InChI is InChI=1S/C24H19BrN2O3/c1-15-9-11-16(12-10-15)21-22(26-18-6-3-5-17(25)13-18)24(29)27(23(21)28)19-7-4-8-20(14-19)30-2/h3-14,26H,1-2H3. The van der Waals surface area contributed by atoms with Crippen molar-refractivity contribution in [3.8, 4) is 5.75 Å². The van der Waals surface area contributed by atoms with Crippen molar-refractivity contribution < 1.29 is 14.3 Å². The molecule has 1 heterocycles. The fraction of sp³-hybridized carbons (Fsp3) is 0.0833. The van der Waals surface area contributed by atoms with Gasteiger partial charge in [-0.2, -0.15) is 0 Å². The molecule has 3 aromatic rings. The van der Waals surface area contributed by atoms with Crippen LogP contribution in [0.25, 0.3) is 5.57 Å². The summed E-state index contributed by atoms with van der Waals surface area (Å²) in [4.78, 5) is 28.0. The highest BCUT2D eigenvalue weighted by Gasteiger charge is 2.40. The van der Waals surface area contributed by atoms with Gasteiger partial charge in [0.25, 0.3) is 11.8 Å². The van der Waals surface area contributed by atoms with Crippen molar-refractivity contribution in [1.29, 1.82) is 0 Å². The van der Waals surface area contributed by atoms with Crippen LogP contribution in [0.4, 0.5) is 11.4 Å². The summed E-state index contributed by atoms with van der Waals surface area (Å²) >= 11 is 3.44. The number of rotatable bonds is 5. The molecule has 2 amide bonds. The molecule has 0 fully saturated rings. The quantitative estimate of drug-likeness (QED) is 0.531. The van der Waals surface area contributed by atoms with Gasteiger partial charge in [-0.1, -0.05) is 57.9 Å². The molecule has 1 aliphatic heterocycles. The molecule has 0 atom stereocenters. The van der Waals surface area contributed by atoms with Crippen molar-refractivity contribution in [3.63, 3.8) is 0 Å². The number of halogens is 1. The molecule has 4 rings (SSSR count). The molecule has 30 heavy (non-hydrogen) atoms. The molecule has 0 aromatic heterocycles. The largest absolute Gasteiger partial charge is 0.497 e. The molecular formula is C24H19BrN2O3. The molecule has 5 nitrogen and oxygen atoms in total. The Bertz CT molecular complexity index is 1170. The first-order chi connectivity index (χ1) is 14.5. The summed E-state index contributed by atoms with van der Waals surface area (Å²) in [7, 11) is 1.54. The lowest BCUT2D eigenvalue weighted by atomic mass is 10.0. The number of anilines is 2. The summed E-state index contributed by atoms with van der Waals surface area (Å²) in [5.41, 5.74) is 3.49. The van der Waals surface area contributed by atoms with E-state index in [1.165, 1.54) is 4.90 Å². The predicted octanol–water partition coefficient (Wildman–Crippen LogP) is 5.16. The average Bonchev–Trinajstić information content (AvgIpc) is 2.98. The number of hydrogen-bond acceptors (Lipinski definition) is 4. The van der Waals surface area contributed by atoms with E-state index in [0.29, 0.717) is 28.3 Å². The Kier molecular flexibility index (Phi) is 5.42. The maximum atomic E-state index is 13.4. The second kappa shape index (κ2) is 8.16. The number of carbonyl (C=O) groups is 2. The van der Waals surface area contributed by atoms with Crippen molar-refractivity contribution in [1.82, 2.24) is 0 Å². The number of benzene rings is 3. The topological polar surface area (TPSA) is 58.6 Å². The van der Waals surface area contributed by atoms with Gasteiger partial charge in [-0.15, -0.1) is 0 Å². The van der Waals surface area contributed by atoms with Gasteiger partial charge in [0.2, 0.25) is 0 Å². The SMILES string of the molecule is COc1cccc(N2C(=O)C(Nc3cccc(Br)c3)=C(c3ccc(C)cc3)C2=O)c1. The Balaban J connectivity index is 1.82. The van der Waals surface area contributed by atoms with E-state index in [9.17, 15) is 9.59 Å². The van der Waals surface area contributed by atoms with Gasteiger partial charge in [0.05, 0.1) is 18.4 Å². The molecule has 0 aliphatic carbocycles. The first-order valence-corrected chi connectivity index (χ1v) is 10.1. The van der Waals surface area contributed by atoms with Gasteiger partial charge >= 0.3 is 0 Å². The summed E-state index contributed by atoms with van der Waals surface area (Å²) in [6, 6.07) is 21.9. The Hall–Kier alpha value is -3.38. The minimum atomic E-state index is -0.413. The van der Waals surface area contributed by atoms with Crippen molar-refractivity contribution >= 4 is 44.7 Å². The van der Waals surface area contributed by atoms with Crippen LogP contribution in [0, 0.1) is 6.92 Å². The third-order valence-electron chi connectivity index (χ3n) is 4.83. The van der Waals surface area contributed by atoms with Crippen LogP contribution in [0.3, 0.4) is 0 Å². The molecule has 0 saturated carbocycles. The van der Waals surface area contributed by atoms with Gasteiger partial charge in [-0.3, -0.25) is 9.59 Å². The Morgan fingerprint density at radius 1 is 0.900 bits per heavy atom. The van der Waals surface area contributed by atoms with E-state index in [0.717, 1.165) is 10.0 Å². The van der Waals surface area contributed by atoms with E-state index >= 15 is 0 Å². The second-order valence-electron chi connectivity index (χ2n) is 6.90. The summed E-state index contributed by atoms with van der Waals surface area (Å²) in [5, 5.41) is 3.16. The fourth-order valence-corrected chi connectivity index (χ4v) is 3.73. The maximum Gasteiger partial charge on any atom is 0.282 e. The molecule has 1 N–H and O–H groups in total. The summed E-state index contributed by atoms with van der Waals surface area (Å²) < 4.78 is 6.13. The van der Waals surface area contributed by atoms with Crippen molar-refractivity contribution in [3.05, 3.63) is 94.1 Å².